The molecule has 1 rings (SSSR count). The van der Waals surface area contributed by atoms with Gasteiger partial charge in [0.05, 0.1) is 0 Å². The van der Waals surface area contributed by atoms with Gasteiger partial charge in [0.25, 0.3) is 0 Å². The zero-order chi connectivity index (χ0) is 8.27. The van der Waals surface area contributed by atoms with Gasteiger partial charge in [0.15, 0.2) is 0 Å². The Morgan fingerprint density at radius 3 is 2.73 bits per heavy atom. The summed E-state index contributed by atoms with van der Waals surface area (Å²) in [5.74, 6) is 0. The smallest absolute Gasteiger partial charge is 0.0448 e. The standard InChI is InChI=1S/C9H14N2/c1-7-3-4-8(2)11-9(7)5-6-10/h3-4H,5-6,10H2,1-2H3. The third kappa shape index (κ3) is 2.02. The quantitative estimate of drug-likeness (QED) is 0.688. The van der Waals surface area contributed by atoms with Crippen molar-refractivity contribution in [2.45, 2.75) is 20.3 Å². The molecular formula is C9H14N2. The van der Waals surface area contributed by atoms with E-state index in [0.29, 0.717) is 6.54 Å². The van der Waals surface area contributed by atoms with Crippen molar-refractivity contribution in [3.63, 3.8) is 0 Å². The van der Waals surface area contributed by atoms with Crippen molar-refractivity contribution < 1.29 is 0 Å². The first-order valence-corrected chi connectivity index (χ1v) is 3.87. The molecule has 0 aliphatic rings. The first kappa shape index (κ1) is 8.21. The van der Waals surface area contributed by atoms with Gasteiger partial charge in [0.1, 0.15) is 0 Å². The number of aromatic nitrogens is 1. The third-order valence-electron chi connectivity index (χ3n) is 1.72. The van der Waals surface area contributed by atoms with Crippen LogP contribution in [0.25, 0.3) is 0 Å². The molecule has 0 saturated carbocycles. The number of hydrogen-bond acceptors (Lipinski definition) is 2. The highest BCUT2D eigenvalue weighted by Crippen LogP contribution is 2.05. The van der Waals surface area contributed by atoms with Gasteiger partial charge in [0, 0.05) is 17.8 Å². The lowest BCUT2D eigenvalue weighted by atomic mass is 10.1. The number of nitrogens with two attached hydrogens (primary N) is 1. The van der Waals surface area contributed by atoms with E-state index in [-0.39, 0.29) is 0 Å². The maximum atomic E-state index is 5.44. The summed E-state index contributed by atoms with van der Waals surface area (Å²) in [7, 11) is 0. The van der Waals surface area contributed by atoms with Gasteiger partial charge in [-0.1, -0.05) is 6.07 Å². The van der Waals surface area contributed by atoms with Crippen LogP contribution in [-0.4, -0.2) is 11.5 Å². The minimum Gasteiger partial charge on any atom is -0.330 e. The minimum atomic E-state index is 0.678. The van der Waals surface area contributed by atoms with E-state index in [1.54, 1.807) is 0 Å². The summed E-state index contributed by atoms with van der Waals surface area (Å²) in [6.45, 7) is 4.74. The highest BCUT2D eigenvalue weighted by atomic mass is 14.7. The molecule has 60 valence electrons. The first-order chi connectivity index (χ1) is 5.24. The summed E-state index contributed by atoms with van der Waals surface area (Å²) in [6.07, 6.45) is 0.882. The fourth-order valence-corrected chi connectivity index (χ4v) is 1.07. The molecule has 0 atom stereocenters. The Kier molecular flexibility index (Phi) is 2.60. The van der Waals surface area contributed by atoms with Crippen molar-refractivity contribution in [1.82, 2.24) is 4.98 Å². The summed E-state index contributed by atoms with van der Waals surface area (Å²) in [6, 6.07) is 4.11. The van der Waals surface area contributed by atoms with Crippen molar-refractivity contribution in [3.8, 4) is 0 Å². The van der Waals surface area contributed by atoms with E-state index in [1.165, 1.54) is 5.56 Å². The molecular weight excluding hydrogens is 136 g/mol. The predicted octanol–water partition coefficient (Wildman–Crippen LogP) is 1.20. The van der Waals surface area contributed by atoms with E-state index in [4.69, 9.17) is 5.73 Å². The molecule has 0 radical (unpaired) electrons. The van der Waals surface area contributed by atoms with E-state index in [9.17, 15) is 0 Å². The van der Waals surface area contributed by atoms with Crippen LogP contribution in [0.3, 0.4) is 0 Å². The number of hydrogen-bond donors (Lipinski definition) is 1. The fraction of sp³-hybridized carbons (Fsp3) is 0.444. The minimum absolute atomic E-state index is 0.678. The van der Waals surface area contributed by atoms with Gasteiger partial charge in [-0.05, 0) is 32.0 Å². The Morgan fingerprint density at radius 2 is 2.09 bits per heavy atom. The fourth-order valence-electron chi connectivity index (χ4n) is 1.07. The Labute approximate surface area is 67.5 Å². The Balaban J connectivity index is 2.93. The van der Waals surface area contributed by atoms with Crippen LogP contribution in [0.1, 0.15) is 17.0 Å². The van der Waals surface area contributed by atoms with E-state index in [0.717, 1.165) is 17.8 Å². The second-order valence-corrected chi connectivity index (χ2v) is 2.75. The molecule has 0 bridgehead atoms. The second kappa shape index (κ2) is 3.49. The maximum Gasteiger partial charge on any atom is 0.0448 e. The van der Waals surface area contributed by atoms with Crippen LogP contribution in [0.2, 0.25) is 0 Å². The summed E-state index contributed by atoms with van der Waals surface area (Å²) >= 11 is 0. The van der Waals surface area contributed by atoms with Crippen molar-refractivity contribution in [1.29, 1.82) is 0 Å². The average molecular weight is 150 g/mol. The van der Waals surface area contributed by atoms with Crippen LogP contribution in [0.15, 0.2) is 12.1 Å². The van der Waals surface area contributed by atoms with Gasteiger partial charge >= 0.3 is 0 Å². The number of aryl methyl sites for hydroxylation is 2. The molecule has 0 aliphatic carbocycles. The molecule has 0 aromatic carbocycles. The molecule has 0 fully saturated rings. The molecule has 0 aliphatic heterocycles. The molecule has 2 nitrogen and oxygen atoms in total. The number of nitrogens with zero attached hydrogens (tertiary/aromatic N) is 1. The molecule has 1 heterocycles. The largest absolute Gasteiger partial charge is 0.330 e. The van der Waals surface area contributed by atoms with E-state index >= 15 is 0 Å². The van der Waals surface area contributed by atoms with E-state index in [1.807, 2.05) is 13.0 Å². The van der Waals surface area contributed by atoms with Crippen LogP contribution in [0.5, 0.6) is 0 Å². The van der Waals surface area contributed by atoms with Gasteiger partial charge in [0.2, 0.25) is 0 Å². The van der Waals surface area contributed by atoms with Crippen molar-refractivity contribution in [2.75, 3.05) is 6.54 Å². The van der Waals surface area contributed by atoms with Gasteiger partial charge < -0.3 is 5.73 Å². The monoisotopic (exact) mass is 150 g/mol. The molecule has 1 aromatic heterocycles. The van der Waals surface area contributed by atoms with Gasteiger partial charge in [-0.25, -0.2) is 0 Å². The summed E-state index contributed by atoms with van der Waals surface area (Å²) in [4.78, 5) is 4.38. The average Bonchev–Trinajstić information content (AvgIpc) is 1.98. The van der Waals surface area contributed by atoms with Gasteiger partial charge in [-0.2, -0.15) is 0 Å². The van der Waals surface area contributed by atoms with Crippen LogP contribution < -0.4 is 5.73 Å². The van der Waals surface area contributed by atoms with E-state index < -0.39 is 0 Å². The molecule has 1 aromatic rings. The lowest BCUT2D eigenvalue weighted by Crippen LogP contribution is -2.06. The summed E-state index contributed by atoms with van der Waals surface area (Å²) in [5.41, 5.74) is 8.88. The first-order valence-electron chi connectivity index (χ1n) is 3.87. The SMILES string of the molecule is Cc1ccc(C)c(CCN)n1. The van der Waals surface area contributed by atoms with Crippen LogP contribution >= 0.6 is 0 Å². The molecule has 2 N–H and O–H groups in total. The maximum absolute atomic E-state index is 5.44. The molecule has 11 heavy (non-hydrogen) atoms. The lowest BCUT2D eigenvalue weighted by Gasteiger charge is -2.03. The topological polar surface area (TPSA) is 38.9 Å². The highest BCUT2D eigenvalue weighted by Gasteiger charge is 1.97. The molecule has 0 spiro atoms. The predicted molar refractivity (Wildman–Crippen MR) is 46.5 cm³/mol. The molecule has 0 unspecified atom stereocenters. The summed E-state index contributed by atoms with van der Waals surface area (Å²) < 4.78 is 0. The zero-order valence-electron chi connectivity index (χ0n) is 7.09. The second-order valence-electron chi connectivity index (χ2n) is 2.75. The molecule has 0 saturated heterocycles. The van der Waals surface area contributed by atoms with E-state index in [2.05, 4.69) is 18.0 Å². The van der Waals surface area contributed by atoms with Crippen molar-refractivity contribution in [3.05, 3.63) is 29.1 Å². The Hall–Kier alpha value is -0.890. The van der Waals surface area contributed by atoms with Gasteiger partial charge in [-0.15, -0.1) is 0 Å². The third-order valence-corrected chi connectivity index (χ3v) is 1.72. The molecule has 2 heteroatoms. The normalized spacial score (nSPS) is 10.1. The van der Waals surface area contributed by atoms with Crippen molar-refractivity contribution >= 4 is 0 Å². The zero-order valence-corrected chi connectivity index (χ0v) is 7.09. The van der Waals surface area contributed by atoms with Gasteiger partial charge in [-0.3, -0.25) is 4.98 Å². The van der Waals surface area contributed by atoms with Crippen LogP contribution in [-0.2, 0) is 6.42 Å². The Morgan fingerprint density at radius 1 is 1.36 bits per heavy atom. The van der Waals surface area contributed by atoms with Crippen LogP contribution in [0.4, 0.5) is 0 Å². The highest BCUT2D eigenvalue weighted by molar-refractivity contribution is 5.21. The Bertz CT molecular complexity index is 243. The summed E-state index contributed by atoms with van der Waals surface area (Å²) in [5, 5.41) is 0. The van der Waals surface area contributed by atoms with Crippen molar-refractivity contribution in [2.24, 2.45) is 5.73 Å². The lowest BCUT2D eigenvalue weighted by molar-refractivity contribution is 0.898. The van der Waals surface area contributed by atoms with Crippen LogP contribution in [0, 0.1) is 13.8 Å². The number of rotatable bonds is 2. The number of pyridine rings is 1. The molecule has 0 amide bonds.